The summed E-state index contributed by atoms with van der Waals surface area (Å²) in [5.74, 6) is 1.64. The summed E-state index contributed by atoms with van der Waals surface area (Å²) >= 11 is 3.49. The molecular formula is C16H24BrN. The van der Waals surface area contributed by atoms with Gasteiger partial charge in [-0.25, -0.2) is 0 Å². The van der Waals surface area contributed by atoms with E-state index in [1.54, 1.807) is 0 Å². The van der Waals surface area contributed by atoms with Crippen LogP contribution in [-0.4, -0.2) is 6.04 Å². The minimum Gasteiger partial charge on any atom is -0.307 e. The van der Waals surface area contributed by atoms with Crippen molar-refractivity contribution in [3.8, 4) is 0 Å². The van der Waals surface area contributed by atoms with Crippen LogP contribution in [0.25, 0.3) is 0 Å². The predicted molar refractivity (Wildman–Crippen MR) is 81.7 cm³/mol. The largest absolute Gasteiger partial charge is 0.307 e. The van der Waals surface area contributed by atoms with Crippen LogP contribution in [-0.2, 0) is 0 Å². The second-order valence-corrected chi connectivity index (χ2v) is 6.73. The van der Waals surface area contributed by atoms with Crippen molar-refractivity contribution in [2.24, 2.45) is 11.8 Å². The van der Waals surface area contributed by atoms with E-state index in [2.05, 4.69) is 66.3 Å². The molecule has 0 aliphatic heterocycles. The molecule has 1 fully saturated rings. The van der Waals surface area contributed by atoms with Crippen LogP contribution in [0.3, 0.4) is 0 Å². The summed E-state index contributed by atoms with van der Waals surface area (Å²) in [6.45, 7) is 7.06. The minimum absolute atomic E-state index is 0.441. The Bertz CT molecular complexity index is 373. The lowest BCUT2D eigenvalue weighted by Gasteiger charge is -2.36. The van der Waals surface area contributed by atoms with Crippen LogP contribution in [0, 0.1) is 11.8 Å². The standard InChI is InChI=1S/C16H24BrN/c1-11-5-4-6-16(12(11)2)18-13(3)14-7-9-15(17)10-8-14/h7-13,16,18H,4-6H2,1-3H3/t11?,12?,13-,16?/m1/s1. The molecule has 18 heavy (non-hydrogen) atoms. The molecule has 0 amide bonds. The Labute approximate surface area is 119 Å². The van der Waals surface area contributed by atoms with Crippen molar-refractivity contribution in [3.05, 3.63) is 34.3 Å². The van der Waals surface area contributed by atoms with Gasteiger partial charge in [0.2, 0.25) is 0 Å². The molecule has 1 aliphatic rings. The van der Waals surface area contributed by atoms with Crippen LogP contribution in [0.4, 0.5) is 0 Å². The van der Waals surface area contributed by atoms with Gasteiger partial charge < -0.3 is 5.32 Å². The molecule has 1 saturated carbocycles. The number of benzene rings is 1. The first-order valence-corrected chi connectivity index (χ1v) is 7.88. The lowest BCUT2D eigenvalue weighted by atomic mass is 9.77. The van der Waals surface area contributed by atoms with Crippen molar-refractivity contribution in [1.82, 2.24) is 5.32 Å². The van der Waals surface area contributed by atoms with Crippen molar-refractivity contribution >= 4 is 15.9 Å². The fraction of sp³-hybridized carbons (Fsp3) is 0.625. The van der Waals surface area contributed by atoms with Gasteiger partial charge in [0, 0.05) is 16.6 Å². The van der Waals surface area contributed by atoms with Crippen LogP contribution in [0.2, 0.25) is 0 Å². The maximum absolute atomic E-state index is 3.82. The van der Waals surface area contributed by atoms with Crippen molar-refractivity contribution in [2.45, 2.75) is 52.1 Å². The van der Waals surface area contributed by atoms with Gasteiger partial charge in [0.15, 0.2) is 0 Å². The van der Waals surface area contributed by atoms with Gasteiger partial charge in [-0.05, 0) is 42.9 Å². The highest BCUT2D eigenvalue weighted by atomic mass is 79.9. The Balaban J connectivity index is 1.98. The number of nitrogens with one attached hydrogen (secondary N) is 1. The molecular weight excluding hydrogens is 286 g/mol. The average Bonchev–Trinajstić information content (AvgIpc) is 2.36. The zero-order chi connectivity index (χ0) is 13.1. The SMILES string of the molecule is CC1CCCC(N[C@H](C)c2ccc(Br)cc2)C1C. The van der Waals surface area contributed by atoms with Gasteiger partial charge in [0.25, 0.3) is 0 Å². The monoisotopic (exact) mass is 309 g/mol. The van der Waals surface area contributed by atoms with E-state index in [4.69, 9.17) is 0 Å². The molecule has 1 N–H and O–H groups in total. The molecule has 100 valence electrons. The third kappa shape index (κ3) is 3.36. The first-order chi connectivity index (χ1) is 8.58. The van der Waals surface area contributed by atoms with Gasteiger partial charge >= 0.3 is 0 Å². The smallest absolute Gasteiger partial charge is 0.0294 e. The summed E-state index contributed by atoms with van der Waals surface area (Å²) in [7, 11) is 0. The summed E-state index contributed by atoms with van der Waals surface area (Å²) in [6, 6.07) is 9.78. The van der Waals surface area contributed by atoms with Crippen molar-refractivity contribution in [3.63, 3.8) is 0 Å². The van der Waals surface area contributed by atoms with Gasteiger partial charge in [0.1, 0.15) is 0 Å². The molecule has 0 bridgehead atoms. The zero-order valence-corrected chi connectivity index (χ0v) is 13.2. The molecule has 4 atom stereocenters. The first-order valence-electron chi connectivity index (χ1n) is 7.09. The van der Waals surface area contributed by atoms with E-state index >= 15 is 0 Å². The topological polar surface area (TPSA) is 12.0 Å². The van der Waals surface area contributed by atoms with E-state index in [1.165, 1.54) is 24.8 Å². The highest BCUT2D eigenvalue weighted by Gasteiger charge is 2.27. The Morgan fingerprint density at radius 2 is 1.83 bits per heavy atom. The molecule has 2 rings (SSSR count). The molecule has 0 aromatic heterocycles. The lowest BCUT2D eigenvalue weighted by molar-refractivity contribution is 0.196. The maximum Gasteiger partial charge on any atom is 0.0294 e. The molecule has 0 spiro atoms. The fourth-order valence-electron chi connectivity index (χ4n) is 2.99. The van der Waals surface area contributed by atoms with Crippen LogP contribution >= 0.6 is 15.9 Å². The Hall–Kier alpha value is -0.340. The summed E-state index contributed by atoms with van der Waals surface area (Å²) in [5.41, 5.74) is 1.38. The van der Waals surface area contributed by atoms with E-state index in [-0.39, 0.29) is 0 Å². The molecule has 1 nitrogen and oxygen atoms in total. The average molecular weight is 310 g/mol. The second-order valence-electron chi connectivity index (χ2n) is 5.81. The van der Waals surface area contributed by atoms with E-state index in [0.29, 0.717) is 12.1 Å². The summed E-state index contributed by atoms with van der Waals surface area (Å²) < 4.78 is 1.15. The molecule has 1 aliphatic carbocycles. The van der Waals surface area contributed by atoms with Gasteiger partial charge in [-0.2, -0.15) is 0 Å². The van der Waals surface area contributed by atoms with E-state index in [0.717, 1.165) is 16.3 Å². The predicted octanol–water partition coefficient (Wildman–Crippen LogP) is 4.92. The lowest BCUT2D eigenvalue weighted by Crippen LogP contribution is -2.41. The van der Waals surface area contributed by atoms with Crippen LogP contribution in [0.5, 0.6) is 0 Å². The van der Waals surface area contributed by atoms with Crippen molar-refractivity contribution < 1.29 is 0 Å². The number of hydrogen-bond acceptors (Lipinski definition) is 1. The summed E-state index contributed by atoms with van der Waals surface area (Å²) in [6.07, 6.45) is 4.09. The normalized spacial score (nSPS) is 30.1. The molecule has 0 heterocycles. The van der Waals surface area contributed by atoms with Gasteiger partial charge in [-0.1, -0.05) is 54.8 Å². The summed E-state index contributed by atoms with van der Waals surface area (Å²) in [4.78, 5) is 0. The zero-order valence-electron chi connectivity index (χ0n) is 11.6. The van der Waals surface area contributed by atoms with E-state index in [1.807, 2.05) is 0 Å². The van der Waals surface area contributed by atoms with Crippen molar-refractivity contribution in [2.75, 3.05) is 0 Å². The van der Waals surface area contributed by atoms with Gasteiger partial charge in [-0.3, -0.25) is 0 Å². The third-order valence-corrected chi connectivity index (χ3v) is 5.07. The number of hydrogen-bond donors (Lipinski definition) is 1. The van der Waals surface area contributed by atoms with E-state index in [9.17, 15) is 0 Å². The molecule has 0 saturated heterocycles. The molecule has 1 aromatic carbocycles. The van der Waals surface area contributed by atoms with Crippen molar-refractivity contribution in [1.29, 1.82) is 0 Å². The Kier molecular flexibility index (Phi) is 4.85. The summed E-state index contributed by atoms with van der Waals surface area (Å²) in [5, 5.41) is 3.82. The highest BCUT2D eigenvalue weighted by Crippen LogP contribution is 2.31. The molecule has 2 heteroatoms. The molecule has 3 unspecified atom stereocenters. The van der Waals surface area contributed by atoms with Gasteiger partial charge in [0.05, 0.1) is 0 Å². The second kappa shape index (κ2) is 6.21. The maximum atomic E-state index is 3.82. The number of halogens is 1. The van der Waals surface area contributed by atoms with E-state index < -0.39 is 0 Å². The molecule has 0 radical (unpaired) electrons. The number of rotatable bonds is 3. The Morgan fingerprint density at radius 1 is 1.17 bits per heavy atom. The minimum atomic E-state index is 0.441. The first kappa shape index (κ1) is 14.1. The fourth-order valence-corrected chi connectivity index (χ4v) is 3.25. The quantitative estimate of drug-likeness (QED) is 0.835. The van der Waals surface area contributed by atoms with Gasteiger partial charge in [-0.15, -0.1) is 0 Å². The third-order valence-electron chi connectivity index (χ3n) is 4.54. The Morgan fingerprint density at radius 3 is 2.50 bits per heavy atom. The van der Waals surface area contributed by atoms with Crippen LogP contribution in [0.15, 0.2) is 28.7 Å². The van der Waals surface area contributed by atoms with Crippen LogP contribution in [0.1, 0.15) is 51.6 Å². The van der Waals surface area contributed by atoms with Crippen LogP contribution < -0.4 is 5.32 Å². The molecule has 1 aromatic rings. The highest BCUT2D eigenvalue weighted by molar-refractivity contribution is 9.10.